The van der Waals surface area contributed by atoms with Crippen LogP contribution in [0.2, 0.25) is 0 Å². The Balaban J connectivity index is 2.32. The summed E-state index contributed by atoms with van der Waals surface area (Å²) in [5, 5.41) is 0. The molecule has 1 rings (SSSR count). The molecule has 0 fully saturated rings. The molecule has 1 aromatic rings. The van der Waals surface area contributed by atoms with Crippen LogP contribution in [0.15, 0.2) is 30.3 Å². The predicted molar refractivity (Wildman–Crippen MR) is 59.5 cm³/mol. The molecule has 0 atom stereocenters. The fraction of sp³-hybridized carbons (Fsp3) is 0.273. The standard InChI is InChI=1S/C11H14N2O3/c1-2-8-16-11(15)10(14)13-12-9-6-4-3-5-7-9/h3-7,12H,2,8H2,1H3,(H,13,14). The molecule has 2 N–H and O–H groups in total. The summed E-state index contributed by atoms with van der Waals surface area (Å²) in [4.78, 5) is 22.2. The van der Waals surface area contributed by atoms with E-state index in [1.807, 2.05) is 25.1 Å². The van der Waals surface area contributed by atoms with Gasteiger partial charge in [0.15, 0.2) is 0 Å². The zero-order valence-corrected chi connectivity index (χ0v) is 9.03. The lowest BCUT2D eigenvalue weighted by Gasteiger charge is -2.07. The second-order valence-electron chi connectivity index (χ2n) is 3.08. The van der Waals surface area contributed by atoms with E-state index in [9.17, 15) is 9.59 Å². The predicted octanol–water partition coefficient (Wildman–Crippen LogP) is 1.08. The Morgan fingerprint density at radius 3 is 2.56 bits per heavy atom. The van der Waals surface area contributed by atoms with Gasteiger partial charge in [0.25, 0.3) is 0 Å². The smallest absolute Gasteiger partial charge is 0.398 e. The summed E-state index contributed by atoms with van der Waals surface area (Å²) in [7, 11) is 0. The summed E-state index contributed by atoms with van der Waals surface area (Å²) in [6, 6.07) is 8.99. The summed E-state index contributed by atoms with van der Waals surface area (Å²) in [6.07, 6.45) is 0.686. The molecule has 0 aliphatic rings. The van der Waals surface area contributed by atoms with Crippen molar-refractivity contribution in [2.24, 2.45) is 0 Å². The van der Waals surface area contributed by atoms with Crippen molar-refractivity contribution in [3.05, 3.63) is 30.3 Å². The van der Waals surface area contributed by atoms with E-state index in [1.54, 1.807) is 12.1 Å². The van der Waals surface area contributed by atoms with Crippen LogP contribution >= 0.6 is 0 Å². The minimum Gasteiger partial charge on any atom is -0.459 e. The van der Waals surface area contributed by atoms with Crippen molar-refractivity contribution in [3.63, 3.8) is 0 Å². The Labute approximate surface area is 93.8 Å². The van der Waals surface area contributed by atoms with E-state index in [0.717, 1.165) is 0 Å². The number of nitrogens with one attached hydrogen (secondary N) is 2. The Morgan fingerprint density at radius 2 is 1.94 bits per heavy atom. The van der Waals surface area contributed by atoms with Gasteiger partial charge in [-0.1, -0.05) is 25.1 Å². The maximum atomic E-state index is 11.2. The van der Waals surface area contributed by atoms with Crippen molar-refractivity contribution in [3.8, 4) is 0 Å². The fourth-order valence-corrected chi connectivity index (χ4v) is 0.962. The number of para-hydroxylation sites is 1. The highest BCUT2D eigenvalue weighted by Gasteiger charge is 2.13. The lowest BCUT2D eigenvalue weighted by molar-refractivity contribution is -0.154. The van der Waals surface area contributed by atoms with E-state index in [1.165, 1.54) is 0 Å². The van der Waals surface area contributed by atoms with Crippen molar-refractivity contribution in [2.45, 2.75) is 13.3 Å². The van der Waals surface area contributed by atoms with Gasteiger partial charge in [0, 0.05) is 0 Å². The molecule has 0 radical (unpaired) electrons. The highest BCUT2D eigenvalue weighted by molar-refractivity contribution is 6.32. The summed E-state index contributed by atoms with van der Waals surface area (Å²) in [6.45, 7) is 2.10. The quantitative estimate of drug-likeness (QED) is 0.454. The molecule has 0 saturated heterocycles. The number of anilines is 1. The number of rotatable bonds is 4. The van der Waals surface area contributed by atoms with E-state index in [2.05, 4.69) is 15.6 Å². The van der Waals surface area contributed by atoms with Crippen molar-refractivity contribution in [2.75, 3.05) is 12.0 Å². The number of hydrazine groups is 1. The van der Waals surface area contributed by atoms with Crippen molar-refractivity contribution >= 4 is 17.6 Å². The molecule has 5 heteroatoms. The molecule has 1 aromatic carbocycles. The van der Waals surface area contributed by atoms with Gasteiger partial charge in [-0.25, -0.2) is 4.79 Å². The van der Waals surface area contributed by atoms with Gasteiger partial charge in [-0.05, 0) is 18.6 Å². The number of carbonyl (C=O) groups excluding carboxylic acids is 2. The van der Waals surface area contributed by atoms with Gasteiger partial charge < -0.3 is 4.74 Å². The lowest BCUT2D eigenvalue weighted by Crippen LogP contribution is -2.36. The van der Waals surface area contributed by atoms with E-state index < -0.39 is 11.9 Å². The molecular weight excluding hydrogens is 208 g/mol. The molecular formula is C11H14N2O3. The number of amides is 1. The third-order valence-corrected chi connectivity index (χ3v) is 1.72. The molecule has 0 unspecified atom stereocenters. The third-order valence-electron chi connectivity index (χ3n) is 1.72. The van der Waals surface area contributed by atoms with Crippen molar-refractivity contribution < 1.29 is 14.3 Å². The average Bonchev–Trinajstić information content (AvgIpc) is 2.34. The zero-order valence-electron chi connectivity index (χ0n) is 9.03. The molecule has 0 spiro atoms. The van der Waals surface area contributed by atoms with E-state index in [4.69, 9.17) is 0 Å². The number of benzene rings is 1. The molecule has 16 heavy (non-hydrogen) atoms. The normalized spacial score (nSPS) is 9.31. The molecule has 5 nitrogen and oxygen atoms in total. The van der Waals surface area contributed by atoms with Crippen LogP contribution in [0.5, 0.6) is 0 Å². The summed E-state index contributed by atoms with van der Waals surface area (Å²) >= 11 is 0. The first-order valence-electron chi connectivity index (χ1n) is 5.02. The van der Waals surface area contributed by atoms with Crippen LogP contribution in [0.1, 0.15) is 13.3 Å². The molecule has 0 bridgehead atoms. The van der Waals surface area contributed by atoms with Gasteiger partial charge in [-0.3, -0.25) is 15.6 Å². The van der Waals surface area contributed by atoms with Crippen LogP contribution in [-0.2, 0) is 14.3 Å². The van der Waals surface area contributed by atoms with Gasteiger partial charge in [-0.15, -0.1) is 0 Å². The minimum absolute atomic E-state index is 0.248. The first-order chi connectivity index (χ1) is 7.74. The number of carbonyl (C=O) groups is 2. The van der Waals surface area contributed by atoms with Gasteiger partial charge in [0.05, 0.1) is 12.3 Å². The Hall–Kier alpha value is -2.04. The third kappa shape index (κ3) is 4.00. The van der Waals surface area contributed by atoms with Gasteiger partial charge in [0.2, 0.25) is 0 Å². The van der Waals surface area contributed by atoms with Gasteiger partial charge in [0.1, 0.15) is 0 Å². The number of esters is 1. The molecule has 1 amide bonds. The summed E-state index contributed by atoms with van der Waals surface area (Å²) < 4.78 is 4.65. The van der Waals surface area contributed by atoms with Gasteiger partial charge in [-0.2, -0.15) is 0 Å². The van der Waals surface area contributed by atoms with E-state index >= 15 is 0 Å². The largest absolute Gasteiger partial charge is 0.459 e. The number of ether oxygens (including phenoxy) is 1. The van der Waals surface area contributed by atoms with Gasteiger partial charge >= 0.3 is 11.9 Å². The molecule has 86 valence electrons. The first kappa shape index (κ1) is 12.0. The second kappa shape index (κ2) is 6.44. The second-order valence-corrected chi connectivity index (χ2v) is 3.08. The SMILES string of the molecule is CCCOC(=O)C(=O)NNc1ccccc1. The van der Waals surface area contributed by atoms with E-state index in [0.29, 0.717) is 12.1 Å². The highest BCUT2D eigenvalue weighted by Crippen LogP contribution is 2.02. The minimum atomic E-state index is -0.884. The average molecular weight is 222 g/mol. The Morgan fingerprint density at radius 1 is 1.25 bits per heavy atom. The molecule has 0 aromatic heterocycles. The van der Waals surface area contributed by atoms with Crippen LogP contribution < -0.4 is 10.9 Å². The molecule has 0 aliphatic carbocycles. The van der Waals surface area contributed by atoms with Crippen molar-refractivity contribution in [1.29, 1.82) is 0 Å². The van der Waals surface area contributed by atoms with Crippen LogP contribution in [0.25, 0.3) is 0 Å². The number of hydrogen-bond acceptors (Lipinski definition) is 4. The van der Waals surface area contributed by atoms with Crippen LogP contribution in [-0.4, -0.2) is 18.5 Å². The first-order valence-corrected chi connectivity index (χ1v) is 5.02. The van der Waals surface area contributed by atoms with Crippen molar-refractivity contribution in [1.82, 2.24) is 5.43 Å². The monoisotopic (exact) mass is 222 g/mol. The highest BCUT2D eigenvalue weighted by atomic mass is 16.5. The zero-order chi connectivity index (χ0) is 11.8. The molecule has 0 heterocycles. The Kier molecular flexibility index (Phi) is 4.85. The fourth-order valence-electron chi connectivity index (χ4n) is 0.962. The maximum Gasteiger partial charge on any atom is 0.398 e. The molecule has 0 saturated carbocycles. The Bertz CT molecular complexity index is 352. The lowest BCUT2D eigenvalue weighted by atomic mass is 10.3. The summed E-state index contributed by atoms with van der Waals surface area (Å²) in [5.74, 6) is -1.69. The van der Waals surface area contributed by atoms with Crippen LogP contribution in [0, 0.1) is 0 Å². The van der Waals surface area contributed by atoms with Crippen LogP contribution in [0.3, 0.4) is 0 Å². The number of hydrogen-bond donors (Lipinski definition) is 2. The van der Waals surface area contributed by atoms with E-state index in [-0.39, 0.29) is 6.61 Å². The topological polar surface area (TPSA) is 67.4 Å². The van der Waals surface area contributed by atoms with Crippen LogP contribution in [0.4, 0.5) is 5.69 Å². The maximum absolute atomic E-state index is 11.2. The summed E-state index contributed by atoms with van der Waals surface area (Å²) in [5.41, 5.74) is 5.54. The molecule has 0 aliphatic heterocycles.